The highest BCUT2D eigenvalue weighted by Crippen LogP contribution is 2.30. The molecule has 0 atom stereocenters. The van der Waals surface area contributed by atoms with Gasteiger partial charge in [-0.15, -0.1) is 0 Å². The van der Waals surface area contributed by atoms with Gasteiger partial charge in [-0.2, -0.15) is 5.10 Å². The quantitative estimate of drug-likeness (QED) is 0.344. The summed E-state index contributed by atoms with van der Waals surface area (Å²) in [7, 11) is 0. The Morgan fingerprint density at radius 3 is 2.58 bits per heavy atom. The van der Waals surface area contributed by atoms with Crippen LogP contribution in [0.15, 0.2) is 29.4 Å². The Morgan fingerprint density at radius 1 is 1.12 bits per heavy atom. The number of amides is 2. The van der Waals surface area contributed by atoms with Gasteiger partial charge < -0.3 is 5.32 Å². The maximum absolute atomic E-state index is 11.9. The van der Waals surface area contributed by atoms with Crippen molar-refractivity contribution in [3.63, 3.8) is 0 Å². The molecule has 1 saturated carbocycles. The maximum atomic E-state index is 11.9. The number of benzene rings is 1. The van der Waals surface area contributed by atoms with Gasteiger partial charge in [0, 0.05) is 18.0 Å². The minimum absolute atomic E-state index is 0.0435. The molecule has 5 heteroatoms. The first-order chi connectivity index (χ1) is 12.6. The summed E-state index contributed by atoms with van der Waals surface area (Å²) in [5, 5.41) is 7.13. The van der Waals surface area contributed by atoms with Crippen molar-refractivity contribution >= 4 is 23.2 Å². The van der Waals surface area contributed by atoms with Crippen LogP contribution < -0.4 is 10.7 Å². The standard InChI is InChI=1S/C21H31N3O2/c1-3-4-5-6-7-8-12-20(25)24-23-16(2)18-10-9-11-19(15-18)22-21(26)17-13-14-17/h9-11,15,17H,3-8,12-14H2,1-2H3,(H,22,26)(H,24,25)/b23-16+. The zero-order valence-corrected chi connectivity index (χ0v) is 16.0. The Labute approximate surface area is 156 Å². The molecule has 0 aliphatic heterocycles. The van der Waals surface area contributed by atoms with Crippen molar-refractivity contribution in [1.82, 2.24) is 5.43 Å². The number of hydrogen-bond donors (Lipinski definition) is 2. The van der Waals surface area contributed by atoms with E-state index in [1.165, 1.54) is 25.7 Å². The van der Waals surface area contributed by atoms with Crippen LogP contribution in [0.25, 0.3) is 0 Å². The van der Waals surface area contributed by atoms with Crippen molar-refractivity contribution in [2.75, 3.05) is 5.32 Å². The zero-order valence-electron chi connectivity index (χ0n) is 16.0. The van der Waals surface area contributed by atoms with Gasteiger partial charge in [0.1, 0.15) is 0 Å². The smallest absolute Gasteiger partial charge is 0.240 e. The summed E-state index contributed by atoms with van der Waals surface area (Å²) in [6.45, 7) is 4.05. The van der Waals surface area contributed by atoms with Crippen LogP contribution >= 0.6 is 0 Å². The molecule has 2 rings (SSSR count). The predicted molar refractivity (Wildman–Crippen MR) is 106 cm³/mol. The molecule has 26 heavy (non-hydrogen) atoms. The first-order valence-corrected chi connectivity index (χ1v) is 9.84. The van der Waals surface area contributed by atoms with Crippen LogP contribution in [0.3, 0.4) is 0 Å². The van der Waals surface area contributed by atoms with Gasteiger partial charge in [-0.1, -0.05) is 51.2 Å². The summed E-state index contributed by atoms with van der Waals surface area (Å²) in [6.07, 6.45) is 9.45. The molecule has 1 aromatic carbocycles. The first-order valence-electron chi connectivity index (χ1n) is 9.84. The minimum Gasteiger partial charge on any atom is -0.326 e. The van der Waals surface area contributed by atoms with Crippen LogP contribution in [0, 0.1) is 5.92 Å². The topological polar surface area (TPSA) is 70.6 Å². The summed E-state index contributed by atoms with van der Waals surface area (Å²) in [4.78, 5) is 23.7. The van der Waals surface area contributed by atoms with Crippen molar-refractivity contribution in [2.24, 2.45) is 11.0 Å². The van der Waals surface area contributed by atoms with Gasteiger partial charge in [0.25, 0.3) is 0 Å². The normalized spacial score (nSPS) is 14.2. The molecule has 0 saturated heterocycles. The van der Waals surface area contributed by atoms with E-state index in [0.29, 0.717) is 6.42 Å². The Kier molecular flexibility index (Phi) is 8.32. The highest BCUT2D eigenvalue weighted by Gasteiger charge is 2.29. The van der Waals surface area contributed by atoms with Gasteiger partial charge >= 0.3 is 0 Å². The second-order valence-electron chi connectivity index (χ2n) is 7.09. The van der Waals surface area contributed by atoms with E-state index >= 15 is 0 Å². The van der Waals surface area contributed by atoms with Crippen LogP contribution in [0.1, 0.15) is 77.2 Å². The number of hydrogen-bond acceptors (Lipinski definition) is 3. The van der Waals surface area contributed by atoms with Gasteiger partial charge in [0.05, 0.1) is 5.71 Å². The van der Waals surface area contributed by atoms with Gasteiger partial charge in [-0.3, -0.25) is 9.59 Å². The minimum atomic E-state index is -0.0435. The van der Waals surface area contributed by atoms with E-state index < -0.39 is 0 Å². The Morgan fingerprint density at radius 2 is 1.85 bits per heavy atom. The van der Waals surface area contributed by atoms with Gasteiger partial charge in [-0.05, 0) is 43.9 Å². The van der Waals surface area contributed by atoms with Gasteiger partial charge in [0.15, 0.2) is 0 Å². The average Bonchev–Trinajstić information content (AvgIpc) is 3.48. The van der Waals surface area contributed by atoms with Crippen molar-refractivity contribution in [3.05, 3.63) is 29.8 Å². The van der Waals surface area contributed by atoms with Crippen molar-refractivity contribution in [2.45, 2.75) is 71.6 Å². The first kappa shape index (κ1) is 20.1. The lowest BCUT2D eigenvalue weighted by Crippen LogP contribution is -2.19. The number of nitrogens with zero attached hydrogens (tertiary/aromatic N) is 1. The molecule has 2 N–H and O–H groups in total. The molecule has 1 aliphatic carbocycles. The number of carbonyl (C=O) groups excluding carboxylic acids is 2. The molecule has 0 heterocycles. The summed E-state index contributed by atoms with van der Waals surface area (Å²) in [6, 6.07) is 7.56. The fourth-order valence-electron chi connectivity index (χ4n) is 2.74. The fourth-order valence-corrected chi connectivity index (χ4v) is 2.74. The van der Waals surface area contributed by atoms with Crippen LogP contribution in [-0.2, 0) is 9.59 Å². The fraction of sp³-hybridized carbons (Fsp3) is 0.571. The molecule has 0 spiro atoms. The number of unbranched alkanes of at least 4 members (excludes halogenated alkanes) is 5. The van der Waals surface area contributed by atoms with Crippen molar-refractivity contribution in [1.29, 1.82) is 0 Å². The largest absolute Gasteiger partial charge is 0.326 e. The van der Waals surface area contributed by atoms with Crippen LogP contribution in [0.2, 0.25) is 0 Å². The highest BCUT2D eigenvalue weighted by molar-refractivity contribution is 6.01. The summed E-state index contributed by atoms with van der Waals surface area (Å²) in [5.41, 5.74) is 5.02. The Balaban J connectivity index is 1.75. The SMILES string of the molecule is CCCCCCCCC(=O)N/N=C(\C)c1cccc(NC(=O)C2CC2)c1. The molecule has 0 bridgehead atoms. The van der Waals surface area contributed by atoms with Gasteiger partial charge in [0.2, 0.25) is 11.8 Å². The third kappa shape index (κ3) is 7.38. The Hall–Kier alpha value is -2.17. The molecule has 2 amide bonds. The lowest BCUT2D eigenvalue weighted by Gasteiger charge is -2.07. The van der Waals surface area contributed by atoms with E-state index in [1.54, 1.807) is 0 Å². The number of hydrazone groups is 1. The molecular formula is C21H31N3O2. The van der Waals surface area contributed by atoms with E-state index in [9.17, 15) is 9.59 Å². The van der Waals surface area contributed by atoms with E-state index in [2.05, 4.69) is 22.8 Å². The Bertz CT molecular complexity index is 636. The summed E-state index contributed by atoms with van der Waals surface area (Å²) >= 11 is 0. The molecule has 1 aliphatic rings. The lowest BCUT2D eigenvalue weighted by molar-refractivity contribution is -0.121. The summed E-state index contributed by atoms with van der Waals surface area (Å²) < 4.78 is 0. The monoisotopic (exact) mass is 357 g/mol. The molecule has 142 valence electrons. The second kappa shape index (κ2) is 10.7. The van der Waals surface area contributed by atoms with Gasteiger partial charge in [-0.25, -0.2) is 5.43 Å². The van der Waals surface area contributed by atoms with E-state index in [-0.39, 0.29) is 17.7 Å². The molecule has 1 aromatic rings. The van der Waals surface area contributed by atoms with Crippen LogP contribution in [-0.4, -0.2) is 17.5 Å². The maximum Gasteiger partial charge on any atom is 0.240 e. The average molecular weight is 357 g/mol. The van der Waals surface area contributed by atoms with Crippen LogP contribution in [0.5, 0.6) is 0 Å². The van der Waals surface area contributed by atoms with E-state index in [4.69, 9.17) is 0 Å². The molecule has 0 unspecified atom stereocenters. The second-order valence-corrected chi connectivity index (χ2v) is 7.09. The molecule has 1 fully saturated rings. The highest BCUT2D eigenvalue weighted by atomic mass is 16.2. The molecular weight excluding hydrogens is 326 g/mol. The van der Waals surface area contributed by atoms with Crippen molar-refractivity contribution in [3.8, 4) is 0 Å². The third-order valence-corrected chi connectivity index (χ3v) is 4.60. The van der Waals surface area contributed by atoms with Crippen molar-refractivity contribution < 1.29 is 9.59 Å². The third-order valence-electron chi connectivity index (χ3n) is 4.60. The predicted octanol–water partition coefficient (Wildman–Crippen LogP) is 4.63. The summed E-state index contributed by atoms with van der Waals surface area (Å²) in [5.74, 6) is 0.219. The number of anilines is 1. The van der Waals surface area contributed by atoms with E-state index in [1.807, 2.05) is 31.2 Å². The number of rotatable bonds is 11. The number of nitrogens with one attached hydrogen (secondary N) is 2. The van der Waals surface area contributed by atoms with Crippen LogP contribution in [0.4, 0.5) is 5.69 Å². The zero-order chi connectivity index (χ0) is 18.8. The van der Waals surface area contributed by atoms with E-state index in [0.717, 1.165) is 42.6 Å². The lowest BCUT2D eigenvalue weighted by atomic mass is 10.1. The molecule has 0 aromatic heterocycles. The molecule has 5 nitrogen and oxygen atoms in total. The number of carbonyl (C=O) groups is 2. The molecule has 0 radical (unpaired) electrons.